The van der Waals surface area contributed by atoms with Crippen LogP contribution >= 0.6 is 11.3 Å². The zero-order valence-electron chi connectivity index (χ0n) is 16.2. The molecule has 2 amide bonds. The van der Waals surface area contributed by atoms with Crippen molar-refractivity contribution in [2.75, 3.05) is 23.3 Å². The molecule has 0 unspecified atom stereocenters. The summed E-state index contributed by atoms with van der Waals surface area (Å²) in [4.78, 5) is 28.7. The highest BCUT2D eigenvalue weighted by molar-refractivity contribution is 7.14. The average molecular weight is 398 g/mol. The van der Waals surface area contributed by atoms with Gasteiger partial charge in [0, 0.05) is 23.9 Å². The lowest BCUT2D eigenvalue weighted by atomic mass is 9.90. The van der Waals surface area contributed by atoms with Gasteiger partial charge in [0.15, 0.2) is 0 Å². The first kappa shape index (κ1) is 19.0. The molecule has 0 bridgehead atoms. The van der Waals surface area contributed by atoms with E-state index in [-0.39, 0.29) is 17.7 Å². The molecule has 1 fully saturated rings. The predicted octanol–water partition coefficient (Wildman–Crippen LogP) is 3.83. The second-order valence-electron chi connectivity index (χ2n) is 8.04. The fourth-order valence-corrected chi connectivity index (χ4v) is 5.37. The van der Waals surface area contributed by atoms with E-state index in [1.807, 2.05) is 24.3 Å². The van der Waals surface area contributed by atoms with Gasteiger partial charge in [-0.25, -0.2) is 0 Å². The molecular formula is C22H27N3O2S. The van der Waals surface area contributed by atoms with Crippen molar-refractivity contribution in [1.82, 2.24) is 0 Å². The molecule has 5 nitrogen and oxygen atoms in total. The van der Waals surface area contributed by atoms with Crippen molar-refractivity contribution in [3.8, 4) is 0 Å². The number of nitrogens with two attached hydrogens (primary N) is 1. The molecule has 2 aromatic rings. The Kier molecular flexibility index (Phi) is 5.40. The Hall–Kier alpha value is -2.34. The normalized spacial score (nSPS) is 19.9. The Bertz CT molecular complexity index is 884. The highest BCUT2D eigenvalue weighted by Crippen LogP contribution is 2.34. The molecule has 1 saturated heterocycles. The Balaban J connectivity index is 1.48. The van der Waals surface area contributed by atoms with Crippen LogP contribution in [0.25, 0.3) is 0 Å². The molecule has 28 heavy (non-hydrogen) atoms. The van der Waals surface area contributed by atoms with Crippen LogP contribution in [0.15, 0.2) is 30.3 Å². The van der Waals surface area contributed by atoms with Crippen molar-refractivity contribution < 1.29 is 9.59 Å². The van der Waals surface area contributed by atoms with Crippen LogP contribution in [0, 0.1) is 11.8 Å². The Morgan fingerprint density at radius 3 is 2.68 bits per heavy atom. The molecular weight excluding hydrogens is 370 g/mol. The molecule has 3 N–H and O–H groups in total. The molecule has 1 aromatic heterocycles. The molecule has 2 heterocycles. The summed E-state index contributed by atoms with van der Waals surface area (Å²) < 4.78 is 0. The van der Waals surface area contributed by atoms with Gasteiger partial charge >= 0.3 is 0 Å². The van der Waals surface area contributed by atoms with Crippen LogP contribution in [-0.4, -0.2) is 24.9 Å². The zero-order valence-corrected chi connectivity index (χ0v) is 17.1. The minimum atomic E-state index is -0.211. The van der Waals surface area contributed by atoms with Gasteiger partial charge in [0.1, 0.15) is 0 Å². The van der Waals surface area contributed by atoms with Crippen LogP contribution < -0.4 is 16.0 Å². The third-order valence-electron chi connectivity index (χ3n) is 5.94. The summed E-state index contributed by atoms with van der Waals surface area (Å²) in [6.07, 6.45) is 4.88. The number of hydrogen-bond acceptors (Lipinski definition) is 4. The molecule has 1 aliphatic heterocycles. The highest BCUT2D eigenvalue weighted by Gasteiger charge is 2.25. The van der Waals surface area contributed by atoms with Gasteiger partial charge in [-0.05, 0) is 61.8 Å². The quantitative estimate of drug-likeness (QED) is 0.823. The largest absolute Gasteiger partial charge is 0.370 e. The van der Waals surface area contributed by atoms with Crippen LogP contribution in [0.5, 0.6) is 0 Å². The van der Waals surface area contributed by atoms with E-state index >= 15 is 0 Å². The monoisotopic (exact) mass is 397 g/mol. The van der Waals surface area contributed by atoms with E-state index in [9.17, 15) is 9.59 Å². The number of anilines is 2. The number of thiophene rings is 1. The molecule has 0 radical (unpaired) electrons. The topological polar surface area (TPSA) is 75.4 Å². The maximum Gasteiger partial charge on any atom is 0.265 e. The number of carbonyl (C=O) groups excluding carboxylic acids is 2. The number of piperidine rings is 1. The molecule has 1 atom stereocenters. The Morgan fingerprint density at radius 1 is 1.18 bits per heavy atom. The second-order valence-corrected chi connectivity index (χ2v) is 9.18. The van der Waals surface area contributed by atoms with E-state index in [1.165, 1.54) is 16.9 Å². The molecule has 0 spiro atoms. The maximum absolute atomic E-state index is 12.9. The van der Waals surface area contributed by atoms with Crippen LogP contribution in [0.2, 0.25) is 0 Å². The lowest BCUT2D eigenvalue weighted by molar-refractivity contribution is -0.122. The fraction of sp³-hybridized carbons (Fsp3) is 0.455. The van der Waals surface area contributed by atoms with E-state index in [1.54, 1.807) is 11.3 Å². The summed E-state index contributed by atoms with van der Waals surface area (Å²) in [5, 5.41) is 3.12. The van der Waals surface area contributed by atoms with Crippen molar-refractivity contribution in [1.29, 1.82) is 0 Å². The summed E-state index contributed by atoms with van der Waals surface area (Å²) in [5.41, 5.74) is 8.62. The average Bonchev–Trinajstić information content (AvgIpc) is 3.12. The zero-order chi connectivity index (χ0) is 19.7. The fourth-order valence-electron chi connectivity index (χ4n) is 4.26. The lowest BCUT2D eigenvalue weighted by Crippen LogP contribution is -2.38. The number of fused-ring (bicyclic) bond motifs is 1. The first-order chi connectivity index (χ1) is 13.5. The van der Waals surface area contributed by atoms with Gasteiger partial charge in [0.2, 0.25) is 5.91 Å². The van der Waals surface area contributed by atoms with Gasteiger partial charge < -0.3 is 16.0 Å². The van der Waals surface area contributed by atoms with Crippen molar-refractivity contribution in [3.63, 3.8) is 0 Å². The van der Waals surface area contributed by atoms with E-state index in [4.69, 9.17) is 5.73 Å². The minimum Gasteiger partial charge on any atom is -0.370 e. The number of nitrogens with zero attached hydrogens (tertiary/aromatic N) is 1. The van der Waals surface area contributed by atoms with Crippen LogP contribution in [-0.2, 0) is 17.6 Å². The molecule has 1 aliphatic carbocycles. The summed E-state index contributed by atoms with van der Waals surface area (Å²) in [6.45, 7) is 3.81. The highest BCUT2D eigenvalue weighted by atomic mass is 32.1. The number of hydrogen-bond donors (Lipinski definition) is 2. The first-order valence-corrected chi connectivity index (χ1v) is 10.9. The predicted molar refractivity (Wildman–Crippen MR) is 114 cm³/mol. The third kappa shape index (κ3) is 3.92. The number of para-hydroxylation sites is 2. The van der Waals surface area contributed by atoms with Gasteiger partial charge in [-0.3, -0.25) is 9.59 Å². The molecule has 6 heteroatoms. The smallest absolute Gasteiger partial charge is 0.265 e. The van der Waals surface area contributed by atoms with Crippen LogP contribution in [0.3, 0.4) is 0 Å². The number of benzene rings is 1. The van der Waals surface area contributed by atoms with Gasteiger partial charge in [-0.1, -0.05) is 19.1 Å². The maximum atomic E-state index is 12.9. The Morgan fingerprint density at radius 2 is 1.93 bits per heavy atom. The lowest BCUT2D eigenvalue weighted by Gasteiger charge is -2.33. The third-order valence-corrected chi connectivity index (χ3v) is 7.18. The van der Waals surface area contributed by atoms with Gasteiger partial charge in [0.25, 0.3) is 5.91 Å². The van der Waals surface area contributed by atoms with Crippen molar-refractivity contribution in [2.45, 2.75) is 39.0 Å². The van der Waals surface area contributed by atoms with Crippen LogP contribution in [0.1, 0.15) is 46.3 Å². The van der Waals surface area contributed by atoms with E-state index in [0.29, 0.717) is 5.92 Å². The molecule has 148 valence electrons. The van der Waals surface area contributed by atoms with E-state index in [2.05, 4.69) is 23.2 Å². The summed E-state index contributed by atoms with van der Waals surface area (Å²) in [6, 6.07) is 9.98. The summed E-state index contributed by atoms with van der Waals surface area (Å²) in [5.74, 6) is 0.406. The molecule has 4 rings (SSSR count). The van der Waals surface area contributed by atoms with E-state index < -0.39 is 0 Å². The minimum absolute atomic E-state index is 0.0356. The number of rotatable bonds is 4. The van der Waals surface area contributed by atoms with Crippen molar-refractivity contribution in [2.24, 2.45) is 17.6 Å². The van der Waals surface area contributed by atoms with Crippen LogP contribution in [0.4, 0.5) is 11.4 Å². The SMILES string of the molecule is C[C@@H]1CCc2sc(C(=O)Nc3ccccc3N3CCC(C(N)=O)CC3)cc2C1. The standard InChI is InChI=1S/C22H27N3O2S/c1-14-6-7-19-16(12-14)13-20(28-19)22(27)24-17-4-2-3-5-18(17)25-10-8-15(9-11-25)21(23)26/h2-5,13-15H,6-12H2,1H3,(H2,23,26)(H,24,27)/t14-/m1/s1. The molecule has 1 aromatic carbocycles. The number of amides is 2. The number of nitrogens with one attached hydrogen (secondary N) is 1. The Labute approximate surface area is 169 Å². The second kappa shape index (κ2) is 7.95. The number of primary amides is 1. The first-order valence-electron chi connectivity index (χ1n) is 10.1. The number of carbonyl (C=O) groups is 2. The van der Waals surface area contributed by atoms with Gasteiger partial charge in [-0.15, -0.1) is 11.3 Å². The van der Waals surface area contributed by atoms with Crippen molar-refractivity contribution in [3.05, 3.63) is 45.6 Å². The van der Waals surface area contributed by atoms with Gasteiger partial charge in [0.05, 0.1) is 16.3 Å². The van der Waals surface area contributed by atoms with E-state index in [0.717, 1.165) is 55.0 Å². The van der Waals surface area contributed by atoms with Crippen molar-refractivity contribution >= 4 is 34.5 Å². The summed E-state index contributed by atoms with van der Waals surface area (Å²) in [7, 11) is 0. The molecule has 2 aliphatic rings. The summed E-state index contributed by atoms with van der Waals surface area (Å²) >= 11 is 1.63. The van der Waals surface area contributed by atoms with Gasteiger partial charge in [-0.2, -0.15) is 0 Å². The molecule has 0 saturated carbocycles. The number of aryl methyl sites for hydroxylation is 1.